The van der Waals surface area contributed by atoms with Gasteiger partial charge in [0.15, 0.2) is 0 Å². The molecule has 0 bridgehead atoms. The Morgan fingerprint density at radius 2 is 1.81 bits per heavy atom. The fourth-order valence-corrected chi connectivity index (χ4v) is 1.99. The van der Waals surface area contributed by atoms with E-state index in [0.29, 0.717) is 22.7 Å². The number of carbonyl (C=O) groups is 1. The maximum atomic E-state index is 13.1. The van der Waals surface area contributed by atoms with Crippen molar-refractivity contribution in [3.63, 3.8) is 0 Å². The minimum atomic E-state index is -0.416. The van der Waals surface area contributed by atoms with Gasteiger partial charge < -0.3 is 14.8 Å². The number of amides is 1. The smallest absolute Gasteiger partial charge is 0.259 e. The van der Waals surface area contributed by atoms with E-state index in [-0.39, 0.29) is 0 Å². The Labute approximate surface area is 122 Å². The molecule has 110 valence electrons. The number of hydrogen-bond acceptors (Lipinski definition) is 3. The topological polar surface area (TPSA) is 47.6 Å². The van der Waals surface area contributed by atoms with Gasteiger partial charge in [0, 0.05) is 5.69 Å². The molecule has 0 spiro atoms. The molecule has 21 heavy (non-hydrogen) atoms. The number of aryl methyl sites for hydroxylation is 1. The van der Waals surface area contributed by atoms with Crippen molar-refractivity contribution >= 4 is 11.6 Å². The Morgan fingerprint density at radius 3 is 2.43 bits per heavy atom. The number of carbonyl (C=O) groups excluding carboxylic acids is 1. The summed E-state index contributed by atoms with van der Waals surface area (Å²) in [6.45, 7) is 1.86. The Kier molecular flexibility index (Phi) is 4.42. The zero-order valence-electron chi connectivity index (χ0n) is 12.1. The molecule has 0 unspecified atom stereocenters. The molecular formula is C16H16FNO3. The van der Waals surface area contributed by atoms with Gasteiger partial charge in [-0.2, -0.15) is 0 Å². The number of rotatable bonds is 4. The quantitative estimate of drug-likeness (QED) is 0.938. The molecule has 4 nitrogen and oxygen atoms in total. The first kappa shape index (κ1) is 14.8. The van der Waals surface area contributed by atoms with Crippen LogP contribution in [0.25, 0.3) is 0 Å². The summed E-state index contributed by atoms with van der Waals surface area (Å²) in [7, 11) is 3.02. The molecule has 0 aliphatic rings. The van der Waals surface area contributed by atoms with Crippen molar-refractivity contribution in [1.82, 2.24) is 0 Å². The second-order valence-corrected chi connectivity index (χ2v) is 4.49. The van der Waals surface area contributed by atoms with E-state index in [1.54, 1.807) is 18.2 Å². The van der Waals surface area contributed by atoms with E-state index in [0.717, 1.165) is 5.56 Å². The molecule has 0 aliphatic heterocycles. The summed E-state index contributed by atoms with van der Waals surface area (Å²) in [6.07, 6.45) is 0. The fourth-order valence-electron chi connectivity index (χ4n) is 1.99. The zero-order chi connectivity index (χ0) is 15.4. The minimum Gasteiger partial charge on any atom is -0.496 e. The molecule has 2 rings (SSSR count). The van der Waals surface area contributed by atoms with Crippen LogP contribution in [0.5, 0.6) is 11.5 Å². The summed E-state index contributed by atoms with van der Waals surface area (Å²) < 4.78 is 23.6. The molecule has 0 radical (unpaired) electrons. The Balaban J connectivity index is 2.34. The standard InChI is InChI=1S/C16H16FNO3/c1-10-7-15(21-3)13(9-14(10)20-2)16(19)18-12-6-4-5-11(17)8-12/h4-9H,1-3H3,(H,18,19). The number of methoxy groups -OCH3 is 2. The van der Waals surface area contributed by atoms with E-state index in [9.17, 15) is 9.18 Å². The van der Waals surface area contributed by atoms with Gasteiger partial charge in [-0.25, -0.2) is 4.39 Å². The Bertz CT molecular complexity index is 671. The first-order chi connectivity index (χ1) is 10.0. The van der Waals surface area contributed by atoms with Crippen LogP contribution in [-0.2, 0) is 0 Å². The first-order valence-electron chi connectivity index (χ1n) is 6.34. The highest BCUT2D eigenvalue weighted by Gasteiger charge is 2.16. The molecule has 0 heterocycles. The normalized spacial score (nSPS) is 10.1. The molecule has 0 aromatic heterocycles. The van der Waals surface area contributed by atoms with Crippen LogP contribution >= 0.6 is 0 Å². The number of hydrogen-bond donors (Lipinski definition) is 1. The number of nitrogens with one attached hydrogen (secondary N) is 1. The van der Waals surface area contributed by atoms with Gasteiger partial charge in [0.2, 0.25) is 0 Å². The lowest BCUT2D eigenvalue weighted by Crippen LogP contribution is -2.13. The van der Waals surface area contributed by atoms with Crippen LogP contribution in [0.15, 0.2) is 36.4 Å². The molecule has 0 aliphatic carbocycles. The predicted molar refractivity (Wildman–Crippen MR) is 78.6 cm³/mol. The average molecular weight is 289 g/mol. The SMILES string of the molecule is COc1cc(C(=O)Nc2cccc(F)c2)c(OC)cc1C. The van der Waals surface area contributed by atoms with E-state index in [2.05, 4.69) is 5.32 Å². The van der Waals surface area contributed by atoms with E-state index in [1.165, 1.54) is 32.4 Å². The maximum Gasteiger partial charge on any atom is 0.259 e. The van der Waals surface area contributed by atoms with Gasteiger partial charge in [0.05, 0.1) is 19.8 Å². The molecule has 2 aromatic carbocycles. The second kappa shape index (κ2) is 6.26. The minimum absolute atomic E-state index is 0.323. The van der Waals surface area contributed by atoms with Crippen LogP contribution in [0.2, 0.25) is 0 Å². The molecule has 1 amide bonds. The highest BCUT2D eigenvalue weighted by Crippen LogP contribution is 2.28. The number of halogens is 1. The molecule has 0 saturated heterocycles. The van der Waals surface area contributed by atoms with E-state index in [1.807, 2.05) is 6.92 Å². The third kappa shape index (κ3) is 3.31. The van der Waals surface area contributed by atoms with Crippen molar-refractivity contribution in [2.24, 2.45) is 0 Å². The number of ether oxygens (including phenoxy) is 2. The summed E-state index contributed by atoms with van der Waals surface area (Å²) in [5.74, 6) is 0.208. The van der Waals surface area contributed by atoms with Crippen LogP contribution in [0.4, 0.5) is 10.1 Å². The summed E-state index contributed by atoms with van der Waals surface area (Å²) in [5.41, 5.74) is 1.56. The Morgan fingerprint density at radius 1 is 1.10 bits per heavy atom. The number of benzene rings is 2. The molecular weight excluding hydrogens is 273 g/mol. The van der Waals surface area contributed by atoms with Gasteiger partial charge in [-0.15, -0.1) is 0 Å². The van der Waals surface area contributed by atoms with Gasteiger partial charge in [-0.05, 0) is 42.8 Å². The van der Waals surface area contributed by atoms with Crippen LogP contribution in [0, 0.1) is 12.7 Å². The first-order valence-corrected chi connectivity index (χ1v) is 6.34. The summed E-state index contributed by atoms with van der Waals surface area (Å²) in [6, 6.07) is 9.01. The highest BCUT2D eigenvalue weighted by atomic mass is 19.1. The van der Waals surface area contributed by atoms with Gasteiger partial charge >= 0.3 is 0 Å². The van der Waals surface area contributed by atoms with Gasteiger partial charge in [0.1, 0.15) is 17.3 Å². The summed E-state index contributed by atoms with van der Waals surface area (Å²) in [4.78, 5) is 12.3. The summed E-state index contributed by atoms with van der Waals surface area (Å²) in [5, 5.41) is 2.63. The third-order valence-corrected chi connectivity index (χ3v) is 3.04. The zero-order valence-corrected chi connectivity index (χ0v) is 12.1. The molecule has 0 saturated carbocycles. The van der Waals surface area contributed by atoms with Gasteiger partial charge in [-0.3, -0.25) is 4.79 Å². The van der Waals surface area contributed by atoms with Crippen molar-refractivity contribution in [2.45, 2.75) is 6.92 Å². The Hall–Kier alpha value is -2.56. The average Bonchev–Trinajstić information content (AvgIpc) is 2.46. The van der Waals surface area contributed by atoms with Crippen molar-refractivity contribution in [3.8, 4) is 11.5 Å². The predicted octanol–water partition coefficient (Wildman–Crippen LogP) is 3.40. The molecule has 0 atom stereocenters. The van der Waals surface area contributed by atoms with Crippen LogP contribution in [-0.4, -0.2) is 20.1 Å². The van der Waals surface area contributed by atoms with Crippen molar-refractivity contribution < 1.29 is 18.7 Å². The summed E-state index contributed by atoms with van der Waals surface area (Å²) >= 11 is 0. The lowest BCUT2D eigenvalue weighted by molar-refractivity contribution is 0.102. The van der Waals surface area contributed by atoms with Crippen LogP contribution < -0.4 is 14.8 Å². The highest BCUT2D eigenvalue weighted by molar-refractivity contribution is 6.06. The fraction of sp³-hybridized carbons (Fsp3) is 0.188. The molecule has 2 aromatic rings. The molecule has 0 fully saturated rings. The second-order valence-electron chi connectivity index (χ2n) is 4.49. The van der Waals surface area contributed by atoms with Crippen molar-refractivity contribution in [3.05, 3.63) is 53.3 Å². The van der Waals surface area contributed by atoms with E-state index >= 15 is 0 Å². The van der Waals surface area contributed by atoms with Crippen LogP contribution in [0.3, 0.4) is 0 Å². The van der Waals surface area contributed by atoms with E-state index in [4.69, 9.17) is 9.47 Å². The van der Waals surface area contributed by atoms with Crippen LogP contribution in [0.1, 0.15) is 15.9 Å². The van der Waals surface area contributed by atoms with Crippen molar-refractivity contribution in [1.29, 1.82) is 0 Å². The molecule has 1 N–H and O–H groups in total. The molecule has 5 heteroatoms. The maximum absolute atomic E-state index is 13.1. The van der Waals surface area contributed by atoms with Gasteiger partial charge in [0.25, 0.3) is 5.91 Å². The third-order valence-electron chi connectivity index (χ3n) is 3.04. The number of anilines is 1. The largest absolute Gasteiger partial charge is 0.496 e. The lowest BCUT2D eigenvalue weighted by Gasteiger charge is -2.13. The monoisotopic (exact) mass is 289 g/mol. The van der Waals surface area contributed by atoms with Gasteiger partial charge in [-0.1, -0.05) is 6.07 Å². The van der Waals surface area contributed by atoms with Crippen molar-refractivity contribution in [2.75, 3.05) is 19.5 Å². The van der Waals surface area contributed by atoms with E-state index < -0.39 is 11.7 Å². The lowest BCUT2D eigenvalue weighted by atomic mass is 10.1.